The Kier molecular flexibility index (Phi) is 2.69. The lowest BCUT2D eigenvalue weighted by Crippen LogP contribution is -2.20. The topological polar surface area (TPSA) is 54.5 Å². The highest BCUT2D eigenvalue weighted by Gasteiger charge is 2.37. The molecule has 0 atom stereocenters. The van der Waals surface area contributed by atoms with Crippen LogP contribution in [0.2, 0.25) is 5.02 Å². The summed E-state index contributed by atoms with van der Waals surface area (Å²) >= 11 is 11.1. The summed E-state index contributed by atoms with van der Waals surface area (Å²) in [6.07, 6.45) is 0.966. The minimum Gasteiger partial charge on any atom is -0.267 e. The van der Waals surface area contributed by atoms with Crippen LogP contribution in [-0.2, 0) is 14.8 Å². The van der Waals surface area contributed by atoms with Gasteiger partial charge in [0.2, 0.25) is 0 Å². The van der Waals surface area contributed by atoms with Crippen molar-refractivity contribution in [2.24, 2.45) is 0 Å². The Bertz CT molecular complexity index is 595. The number of carbonyl (C=O) groups is 1. The Morgan fingerprint density at radius 2 is 1.94 bits per heavy atom. The second-order valence-electron chi connectivity index (χ2n) is 3.08. The summed E-state index contributed by atoms with van der Waals surface area (Å²) in [4.78, 5) is 11.0. The molecule has 0 fully saturated rings. The highest BCUT2D eigenvalue weighted by atomic mass is 35.5. The first-order chi connectivity index (χ1) is 7.43. The van der Waals surface area contributed by atoms with Gasteiger partial charge in [-0.2, -0.15) is 8.42 Å². The van der Waals surface area contributed by atoms with E-state index in [0.717, 1.165) is 6.08 Å². The molecular formula is C9H5Cl2NO3S. The van der Waals surface area contributed by atoms with Crippen molar-refractivity contribution in [1.29, 1.82) is 0 Å². The molecule has 0 bridgehead atoms. The number of sulfonamides is 1. The monoisotopic (exact) mass is 277 g/mol. The molecule has 1 amide bonds. The van der Waals surface area contributed by atoms with Gasteiger partial charge < -0.3 is 0 Å². The predicted octanol–water partition coefficient (Wildman–Crippen LogP) is 2.01. The van der Waals surface area contributed by atoms with E-state index >= 15 is 0 Å². The van der Waals surface area contributed by atoms with Crippen molar-refractivity contribution in [3.05, 3.63) is 40.9 Å². The molecule has 0 radical (unpaired) electrons. The van der Waals surface area contributed by atoms with Gasteiger partial charge >= 0.3 is 0 Å². The molecule has 0 unspecified atom stereocenters. The van der Waals surface area contributed by atoms with Gasteiger partial charge in [-0.25, -0.2) is 0 Å². The molecule has 0 spiro atoms. The molecule has 84 valence electrons. The van der Waals surface area contributed by atoms with E-state index in [2.05, 4.69) is 0 Å². The molecule has 0 saturated heterocycles. The number of carbonyl (C=O) groups excluding carboxylic acids is 1. The van der Waals surface area contributed by atoms with Gasteiger partial charge in [-0.15, -0.1) is 3.82 Å². The molecule has 1 aliphatic heterocycles. The molecule has 1 aromatic carbocycles. The molecule has 1 heterocycles. The number of hydrogen-bond donors (Lipinski definition) is 0. The number of rotatable bonds is 1. The Labute approximate surface area is 102 Å². The Morgan fingerprint density at radius 3 is 2.44 bits per heavy atom. The maximum absolute atomic E-state index is 11.7. The first kappa shape index (κ1) is 11.4. The number of benzene rings is 1. The van der Waals surface area contributed by atoms with Gasteiger partial charge in [0.25, 0.3) is 15.9 Å². The fourth-order valence-electron chi connectivity index (χ4n) is 1.32. The number of halogens is 2. The van der Waals surface area contributed by atoms with Crippen LogP contribution in [0.5, 0.6) is 0 Å². The molecule has 1 aliphatic rings. The zero-order valence-corrected chi connectivity index (χ0v) is 10.1. The summed E-state index contributed by atoms with van der Waals surface area (Å²) in [6.45, 7) is 0. The van der Waals surface area contributed by atoms with Crippen molar-refractivity contribution < 1.29 is 13.2 Å². The van der Waals surface area contributed by atoms with Gasteiger partial charge in [-0.3, -0.25) is 4.79 Å². The standard InChI is InChI=1S/C9H5Cl2NO3S/c10-7-3-1-2-6(4-7)8-5-9(13)12(11)16(8,14)15/h1-5H. The van der Waals surface area contributed by atoms with Gasteiger partial charge in [0.05, 0.1) is 0 Å². The molecule has 4 nitrogen and oxygen atoms in total. The van der Waals surface area contributed by atoms with E-state index in [1.807, 2.05) is 0 Å². The van der Waals surface area contributed by atoms with Gasteiger partial charge in [0.15, 0.2) is 0 Å². The lowest BCUT2D eigenvalue weighted by Gasteiger charge is -2.07. The van der Waals surface area contributed by atoms with Crippen molar-refractivity contribution >= 4 is 44.2 Å². The van der Waals surface area contributed by atoms with Gasteiger partial charge in [0.1, 0.15) is 4.91 Å². The Morgan fingerprint density at radius 1 is 1.25 bits per heavy atom. The van der Waals surface area contributed by atoms with E-state index in [1.54, 1.807) is 18.2 Å². The second kappa shape index (κ2) is 3.76. The molecule has 16 heavy (non-hydrogen) atoms. The quantitative estimate of drug-likeness (QED) is 0.738. The number of hydrogen-bond acceptors (Lipinski definition) is 3. The van der Waals surface area contributed by atoms with E-state index in [4.69, 9.17) is 23.4 Å². The molecule has 2 rings (SSSR count). The molecule has 0 aromatic heterocycles. The van der Waals surface area contributed by atoms with Crippen molar-refractivity contribution in [3.63, 3.8) is 0 Å². The minimum atomic E-state index is -3.93. The average Bonchev–Trinajstić information content (AvgIpc) is 2.42. The fourth-order valence-corrected chi connectivity index (χ4v) is 2.92. The van der Waals surface area contributed by atoms with E-state index in [-0.39, 0.29) is 8.73 Å². The van der Waals surface area contributed by atoms with E-state index in [9.17, 15) is 13.2 Å². The predicted molar refractivity (Wildman–Crippen MR) is 61.0 cm³/mol. The van der Waals surface area contributed by atoms with Gasteiger partial charge in [-0.1, -0.05) is 23.7 Å². The summed E-state index contributed by atoms with van der Waals surface area (Å²) in [5.41, 5.74) is 0.337. The highest BCUT2D eigenvalue weighted by Crippen LogP contribution is 2.32. The summed E-state index contributed by atoms with van der Waals surface area (Å²) in [5, 5.41) is 0.383. The highest BCUT2D eigenvalue weighted by molar-refractivity contribution is 8.00. The van der Waals surface area contributed by atoms with Crippen LogP contribution >= 0.6 is 23.4 Å². The summed E-state index contributed by atoms with van der Waals surface area (Å²) in [5.74, 6) is -0.781. The van der Waals surface area contributed by atoms with E-state index in [0.29, 0.717) is 10.6 Å². The molecule has 1 aromatic rings. The van der Waals surface area contributed by atoms with Crippen LogP contribution < -0.4 is 0 Å². The van der Waals surface area contributed by atoms with Crippen molar-refractivity contribution in [2.45, 2.75) is 0 Å². The molecular weight excluding hydrogens is 273 g/mol. The third-order valence-corrected chi connectivity index (χ3v) is 4.48. The number of nitrogens with zero attached hydrogens (tertiary/aromatic N) is 1. The maximum Gasteiger partial charge on any atom is 0.281 e. The van der Waals surface area contributed by atoms with Crippen LogP contribution in [0.15, 0.2) is 30.3 Å². The first-order valence-electron chi connectivity index (χ1n) is 4.15. The molecule has 7 heteroatoms. The third-order valence-electron chi connectivity index (χ3n) is 2.03. The summed E-state index contributed by atoms with van der Waals surface area (Å²) < 4.78 is 23.5. The van der Waals surface area contributed by atoms with Crippen LogP contribution in [0, 0.1) is 0 Å². The van der Waals surface area contributed by atoms with Gasteiger partial charge in [0, 0.05) is 22.9 Å². The SMILES string of the molecule is O=C1C=C(c2cccc(Cl)c2)S(=O)(=O)N1Cl. The first-order valence-corrected chi connectivity index (χ1v) is 6.31. The molecule has 0 aliphatic carbocycles. The normalized spacial score (nSPS) is 18.8. The largest absolute Gasteiger partial charge is 0.281 e. The van der Waals surface area contributed by atoms with Crippen LogP contribution in [0.4, 0.5) is 0 Å². The van der Waals surface area contributed by atoms with Crippen LogP contribution in [0.25, 0.3) is 4.91 Å². The van der Waals surface area contributed by atoms with E-state index < -0.39 is 15.9 Å². The third kappa shape index (κ3) is 1.71. The fraction of sp³-hybridized carbons (Fsp3) is 0. The van der Waals surface area contributed by atoms with E-state index in [1.165, 1.54) is 6.07 Å². The van der Waals surface area contributed by atoms with Crippen molar-refractivity contribution in [1.82, 2.24) is 3.82 Å². The smallest absolute Gasteiger partial charge is 0.267 e. The van der Waals surface area contributed by atoms with Gasteiger partial charge in [-0.05, 0) is 17.7 Å². The van der Waals surface area contributed by atoms with Crippen molar-refractivity contribution in [2.75, 3.05) is 0 Å². The number of amides is 1. The zero-order valence-electron chi connectivity index (χ0n) is 7.72. The lowest BCUT2D eigenvalue weighted by atomic mass is 10.2. The molecule has 0 N–H and O–H groups in total. The summed E-state index contributed by atoms with van der Waals surface area (Å²) in [6, 6.07) is 6.19. The minimum absolute atomic E-state index is 0.144. The van der Waals surface area contributed by atoms with Crippen LogP contribution in [0.1, 0.15) is 5.56 Å². The summed E-state index contributed by atoms with van der Waals surface area (Å²) in [7, 11) is -3.93. The zero-order chi connectivity index (χ0) is 11.9. The van der Waals surface area contributed by atoms with Crippen LogP contribution in [-0.4, -0.2) is 18.1 Å². The Balaban J connectivity index is 2.59. The maximum atomic E-state index is 11.7. The Hall–Kier alpha value is -1.04. The lowest BCUT2D eigenvalue weighted by molar-refractivity contribution is -0.118. The van der Waals surface area contributed by atoms with Crippen molar-refractivity contribution in [3.8, 4) is 0 Å². The second-order valence-corrected chi connectivity index (χ2v) is 5.81. The van der Waals surface area contributed by atoms with Crippen LogP contribution in [0.3, 0.4) is 0 Å². The molecule has 0 saturated carbocycles. The average molecular weight is 278 g/mol.